The van der Waals surface area contributed by atoms with Gasteiger partial charge in [-0.3, -0.25) is 5.41 Å². The van der Waals surface area contributed by atoms with Gasteiger partial charge in [0.15, 0.2) is 5.96 Å². The number of hydrogen-bond donors (Lipinski definition) is 3. The number of anilines is 2. The second-order valence-electron chi connectivity index (χ2n) is 3.68. The predicted octanol–water partition coefficient (Wildman–Crippen LogP) is 3.76. The lowest BCUT2D eigenvalue weighted by Crippen LogP contribution is -2.22. The fraction of sp³-hybridized carbons (Fsp3) is 0.0833. The molecular weight excluding hydrogens is 259 g/mol. The van der Waals surface area contributed by atoms with Crippen LogP contribution in [0.15, 0.2) is 47.3 Å². The van der Waals surface area contributed by atoms with Crippen molar-refractivity contribution < 1.29 is 17.6 Å². The lowest BCUT2D eigenvalue weighted by molar-refractivity contribution is -0.136. The van der Waals surface area contributed by atoms with Gasteiger partial charge in [-0.15, -0.1) is 0 Å². The van der Waals surface area contributed by atoms with Crippen LogP contribution in [0.5, 0.6) is 0 Å². The minimum absolute atomic E-state index is 0.184. The first-order chi connectivity index (χ1) is 8.97. The van der Waals surface area contributed by atoms with E-state index in [1.54, 1.807) is 6.07 Å². The van der Waals surface area contributed by atoms with Crippen LogP contribution in [-0.4, -0.2) is 5.96 Å². The molecule has 4 nitrogen and oxygen atoms in total. The summed E-state index contributed by atoms with van der Waals surface area (Å²) in [5, 5.41) is 12.5. The average molecular weight is 269 g/mol. The third-order valence-electron chi connectivity index (χ3n) is 2.28. The standard InChI is InChI=1S/C12H10F3N3O/c13-12(14,15)9-3-1-2-4-10(9)18-11(16)17-8-5-6-19-7-8/h1-7H,(H3,16,17,18). The first-order valence-electron chi connectivity index (χ1n) is 5.28. The summed E-state index contributed by atoms with van der Waals surface area (Å²) in [4.78, 5) is 0. The van der Waals surface area contributed by atoms with E-state index in [4.69, 9.17) is 9.83 Å². The monoisotopic (exact) mass is 269 g/mol. The molecule has 0 bridgehead atoms. The van der Waals surface area contributed by atoms with E-state index in [0.29, 0.717) is 5.69 Å². The third kappa shape index (κ3) is 3.27. The lowest BCUT2D eigenvalue weighted by atomic mass is 10.1. The van der Waals surface area contributed by atoms with Crippen molar-refractivity contribution >= 4 is 17.3 Å². The second kappa shape index (κ2) is 5.05. The third-order valence-corrected chi connectivity index (χ3v) is 2.28. The van der Waals surface area contributed by atoms with E-state index in [0.717, 1.165) is 6.07 Å². The fourth-order valence-corrected chi connectivity index (χ4v) is 1.49. The van der Waals surface area contributed by atoms with E-state index >= 15 is 0 Å². The minimum atomic E-state index is -4.47. The summed E-state index contributed by atoms with van der Waals surface area (Å²) in [6, 6.07) is 6.51. The Hall–Kier alpha value is -2.44. The van der Waals surface area contributed by atoms with Crippen LogP contribution in [0.25, 0.3) is 0 Å². The molecule has 2 rings (SSSR count). The van der Waals surface area contributed by atoms with Crippen LogP contribution >= 0.6 is 0 Å². The average Bonchev–Trinajstić information content (AvgIpc) is 2.81. The number of nitrogens with one attached hydrogen (secondary N) is 3. The Morgan fingerprint density at radius 3 is 2.47 bits per heavy atom. The van der Waals surface area contributed by atoms with Crippen molar-refractivity contribution in [2.45, 2.75) is 6.18 Å². The Kier molecular flexibility index (Phi) is 3.46. The van der Waals surface area contributed by atoms with Gasteiger partial charge in [0.2, 0.25) is 0 Å². The molecule has 1 heterocycles. The summed E-state index contributed by atoms with van der Waals surface area (Å²) >= 11 is 0. The number of rotatable bonds is 2. The van der Waals surface area contributed by atoms with Crippen LogP contribution < -0.4 is 10.6 Å². The highest BCUT2D eigenvalue weighted by Crippen LogP contribution is 2.34. The predicted molar refractivity (Wildman–Crippen MR) is 65.1 cm³/mol. The molecule has 1 aromatic heterocycles. The van der Waals surface area contributed by atoms with Gasteiger partial charge in [-0.05, 0) is 18.2 Å². The molecule has 0 saturated carbocycles. The summed E-state index contributed by atoms with van der Waals surface area (Å²) < 4.78 is 43.0. The lowest BCUT2D eigenvalue weighted by Gasteiger charge is -2.15. The molecule has 100 valence electrons. The molecule has 0 unspecified atom stereocenters. The summed E-state index contributed by atoms with van der Waals surface area (Å²) in [6.07, 6.45) is -1.75. The Labute approximate surface area is 106 Å². The van der Waals surface area contributed by atoms with Gasteiger partial charge in [0.25, 0.3) is 0 Å². The Morgan fingerprint density at radius 1 is 1.11 bits per heavy atom. The highest BCUT2D eigenvalue weighted by atomic mass is 19.4. The molecular formula is C12H10F3N3O. The SMILES string of the molecule is N=C(Nc1ccoc1)Nc1ccccc1C(F)(F)F. The Balaban J connectivity index is 2.13. The molecule has 7 heteroatoms. The number of benzene rings is 1. The number of para-hydroxylation sites is 1. The maximum atomic E-state index is 12.7. The molecule has 0 aliphatic heterocycles. The summed E-state index contributed by atoms with van der Waals surface area (Å²) in [5.74, 6) is -0.280. The van der Waals surface area contributed by atoms with E-state index in [1.165, 1.54) is 30.7 Å². The molecule has 0 amide bonds. The Bertz CT molecular complexity index is 564. The second-order valence-corrected chi connectivity index (χ2v) is 3.68. The van der Waals surface area contributed by atoms with E-state index in [-0.39, 0.29) is 11.6 Å². The molecule has 0 aliphatic rings. The minimum Gasteiger partial charge on any atom is -0.470 e. The highest BCUT2D eigenvalue weighted by Gasteiger charge is 2.33. The van der Waals surface area contributed by atoms with Crippen molar-refractivity contribution in [3.63, 3.8) is 0 Å². The largest absolute Gasteiger partial charge is 0.470 e. The van der Waals surface area contributed by atoms with Crippen LogP contribution in [0.2, 0.25) is 0 Å². The van der Waals surface area contributed by atoms with E-state index in [9.17, 15) is 13.2 Å². The van der Waals surface area contributed by atoms with Crippen LogP contribution in [-0.2, 0) is 6.18 Å². The van der Waals surface area contributed by atoms with Gasteiger partial charge >= 0.3 is 6.18 Å². The highest BCUT2D eigenvalue weighted by molar-refractivity contribution is 6.01. The smallest absolute Gasteiger partial charge is 0.418 e. The van der Waals surface area contributed by atoms with Crippen molar-refractivity contribution in [1.82, 2.24) is 0 Å². The van der Waals surface area contributed by atoms with Crippen molar-refractivity contribution in [2.75, 3.05) is 10.6 Å². The molecule has 0 fully saturated rings. The van der Waals surface area contributed by atoms with Crippen molar-refractivity contribution in [3.05, 3.63) is 48.4 Å². The Morgan fingerprint density at radius 2 is 1.84 bits per heavy atom. The molecule has 19 heavy (non-hydrogen) atoms. The molecule has 3 N–H and O–H groups in total. The number of halogens is 3. The molecule has 0 radical (unpaired) electrons. The van der Waals surface area contributed by atoms with Gasteiger partial charge in [-0.2, -0.15) is 13.2 Å². The number of guanidine groups is 1. The van der Waals surface area contributed by atoms with Crippen LogP contribution in [0.1, 0.15) is 5.56 Å². The first-order valence-corrected chi connectivity index (χ1v) is 5.28. The van der Waals surface area contributed by atoms with Crippen molar-refractivity contribution in [2.24, 2.45) is 0 Å². The molecule has 0 saturated heterocycles. The molecule has 0 atom stereocenters. The molecule has 1 aromatic carbocycles. The normalized spacial score (nSPS) is 11.1. The van der Waals surface area contributed by atoms with E-state index in [1.807, 2.05) is 0 Å². The number of hydrogen-bond acceptors (Lipinski definition) is 2. The van der Waals surface area contributed by atoms with E-state index in [2.05, 4.69) is 10.6 Å². The van der Waals surface area contributed by atoms with Gasteiger partial charge in [0, 0.05) is 0 Å². The zero-order chi connectivity index (χ0) is 13.9. The zero-order valence-electron chi connectivity index (χ0n) is 9.58. The summed E-state index contributed by atoms with van der Waals surface area (Å²) in [6.45, 7) is 0. The van der Waals surface area contributed by atoms with Crippen LogP contribution in [0, 0.1) is 5.41 Å². The number of alkyl halides is 3. The van der Waals surface area contributed by atoms with Gasteiger partial charge < -0.3 is 15.1 Å². The zero-order valence-corrected chi connectivity index (χ0v) is 9.58. The van der Waals surface area contributed by atoms with Crippen LogP contribution in [0.4, 0.5) is 24.5 Å². The molecule has 0 spiro atoms. The van der Waals surface area contributed by atoms with E-state index < -0.39 is 11.7 Å². The van der Waals surface area contributed by atoms with Crippen molar-refractivity contribution in [1.29, 1.82) is 5.41 Å². The van der Waals surface area contributed by atoms with Gasteiger partial charge in [-0.1, -0.05) is 12.1 Å². The van der Waals surface area contributed by atoms with Gasteiger partial charge in [0.05, 0.1) is 23.2 Å². The maximum Gasteiger partial charge on any atom is 0.418 e. The maximum absolute atomic E-state index is 12.7. The quantitative estimate of drug-likeness (QED) is 0.574. The topological polar surface area (TPSA) is 61.1 Å². The first kappa shape index (κ1) is 13.0. The van der Waals surface area contributed by atoms with Gasteiger partial charge in [-0.25, -0.2) is 0 Å². The summed E-state index contributed by atoms with van der Waals surface area (Å²) in [7, 11) is 0. The summed E-state index contributed by atoms with van der Waals surface area (Å²) in [5.41, 5.74) is -0.535. The van der Waals surface area contributed by atoms with Crippen molar-refractivity contribution in [3.8, 4) is 0 Å². The number of furan rings is 1. The fourth-order valence-electron chi connectivity index (χ4n) is 1.49. The van der Waals surface area contributed by atoms with Crippen LogP contribution in [0.3, 0.4) is 0 Å². The molecule has 2 aromatic rings. The van der Waals surface area contributed by atoms with Gasteiger partial charge in [0.1, 0.15) is 6.26 Å². The molecule has 0 aliphatic carbocycles.